The highest BCUT2D eigenvalue weighted by Gasteiger charge is 2.17. The predicted molar refractivity (Wildman–Crippen MR) is 123 cm³/mol. The van der Waals surface area contributed by atoms with E-state index in [1.807, 2.05) is 34.7 Å². The van der Waals surface area contributed by atoms with Gasteiger partial charge >= 0.3 is 11.9 Å². The second-order valence-corrected chi connectivity index (χ2v) is 8.15. The molecule has 0 amide bonds. The summed E-state index contributed by atoms with van der Waals surface area (Å²) in [4.78, 5) is 27.7. The summed E-state index contributed by atoms with van der Waals surface area (Å²) in [5, 5.41) is 9.88. The Hall–Kier alpha value is -2.73. The number of hydrogen-bond acceptors (Lipinski definition) is 8. The first-order valence-electron chi connectivity index (χ1n) is 9.05. The number of esters is 1. The van der Waals surface area contributed by atoms with Crippen LogP contribution < -0.4 is 9.47 Å². The fraction of sp³-hybridized carbons (Fsp3) is 0.190. The summed E-state index contributed by atoms with van der Waals surface area (Å²) in [6.45, 7) is 1.71. The number of carboxylic acids is 1. The summed E-state index contributed by atoms with van der Waals surface area (Å²) in [6, 6.07) is 10.5. The predicted octanol–water partition coefficient (Wildman–Crippen LogP) is 4.60. The molecule has 0 bridgehead atoms. The number of nitrogens with zero attached hydrogens (tertiary/aromatic N) is 1. The van der Waals surface area contributed by atoms with Crippen LogP contribution in [0, 0.1) is 3.57 Å². The number of ether oxygens (including phenoxy) is 3. The number of aliphatic carboxylic acids is 1. The number of rotatable bonds is 9. The number of methoxy groups -OCH3 is 1. The van der Waals surface area contributed by atoms with Crippen molar-refractivity contribution in [2.24, 2.45) is 0 Å². The molecule has 162 valence electrons. The number of carbonyl (C=O) groups excluding carboxylic acids is 1. The molecule has 0 aliphatic heterocycles. The summed E-state index contributed by atoms with van der Waals surface area (Å²) >= 11 is 2.94. The third-order valence-corrected chi connectivity index (χ3v) is 5.53. The first-order valence-corrected chi connectivity index (χ1v) is 10.9. The lowest BCUT2D eigenvalue weighted by Crippen LogP contribution is -2.15. The van der Waals surface area contributed by atoms with Crippen molar-refractivity contribution in [3.63, 3.8) is 0 Å². The first-order chi connectivity index (χ1) is 14.9. The third-order valence-electron chi connectivity index (χ3n) is 3.87. The molecule has 0 aliphatic carbocycles. The SMILES string of the molecule is CCOC(=O)COc1c(I)cc(/C=C(\Sc2nc3ccccc3o2)C(=O)O)cc1OC. The van der Waals surface area contributed by atoms with Crippen LogP contribution in [0.4, 0.5) is 0 Å². The molecule has 1 heterocycles. The molecule has 0 fully saturated rings. The number of hydrogen-bond donors (Lipinski definition) is 1. The number of fused-ring (bicyclic) bond motifs is 1. The molecule has 10 heteroatoms. The number of aromatic nitrogens is 1. The third kappa shape index (κ3) is 5.91. The number of carboxylic acid groups (broad SMARTS) is 1. The van der Waals surface area contributed by atoms with E-state index in [0.717, 1.165) is 11.8 Å². The highest BCUT2D eigenvalue weighted by atomic mass is 127. The second kappa shape index (κ2) is 10.5. The van der Waals surface area contributed by atoms with Crippen LogP contribution in [-0.4, -0.2) is 42.4 Å². The van der Waals surface area contributed by atoms with Gasteiger partial charge in [-0.05, 0) is 77.2 Å². The van der Waals surface area contributed by atoms with Crippen LogP contribution in [0.25, 0.3) is 17.2 Å². The number of benzene rings is 2. The molecule has 1 aromatic heterocycles. The molecule has 0 unspecified atom stereocenters. The normalized spacial score (nSPS) is 11.4. The van der Waals surface area contributed by atoms with E-state index in [-0.39, 0.29) is 23.3 Å². The molecule has 0 spiro atoms. The van der Waals surface area contributed by atoms with Gasteiger partial charge in [-0.2, -0.15) is 0 Å². The van der Waals surface area contributed by atoms with Gasteiger partial charge in [-0.25, -0.2) is 14.6 Å². The maximum atomic E-state index is 11.8. The summed E-state index contributed by atoms with van der Waals surface area (Å²) in [7, 11) is 1.46. The number of halogens is 1. The zero-order valence-corrected chi connectivity index (χ0v) is 19.6. The Morgan fingerprint density at radius 3 is 2.74 bits per heavy atom. The van der Waals surface area contributed by atoms with E-state index in [1.54, 1.807) is 31.2 Å². The summed E-state index contributed by atoms with van der Waals surface area (Å²) in [5.74, 6) is -0.882. The Morgan fingerprint density at radius 2 is 2.06 bits per heavy atom. The molecular formula is C21H18INO7S. The zero-order chi connectivity index (χ0) is 22.4. The fourth-order valence-corrected chi connectivity index (χ4v) is 4.10. The maximum absolute atomic E-state index is 11.8. The lowest BCUT2D eigenvalue weighted by molar-refractivity contribution is -0.145. The Morgan fingerprint density at radius 1 is 1.29 bits per heavy atom. The number of thioether (sulfide) groups is 1. The average molecular weight is 555 g/mol. The van der Waals surface area contributed by atoms with E-state index in [1.165, 1.54) is 13.2 Å². The van der Waals surface area contributed by atoms with Gasteiger partial charge in [0.15, 0.2) is 23.7 Å². The minimum Gasteiger partial charge on any atom is -0.493 e. The van der Waals surface area contributed by atoms with Gasteiger partial charge in [0.2, 0.25) is 0 Å². The van der Waals surface area contributed by atoms with Crippen LogP contribution in [0.2, 0.25) is 0 Å². The van der Waals surface area contributed by atoms with E-state index < -0.39 is 11.9 Å². The second-order valence-electron chi connectivity index (χ2n) is 5.99. The van der Waals surface area contributed by atoms with Crippen LogP contribution in [0.5, 0.6) is 11.5 Å². The van der Waals surface area contributed by atoms with E-state index in [9.17, 15) is 14.7 Å². The molecule has 2 aromatic carbocycles. The molecule has 0 saturated carbocycles. The summed E-state index contributed by atoms with van der Waals surface area (Å²) in [6.07, 6.45) is 1.49. The van der Waals surface area contributed by atoms with Gasteiger partial charge in [-0.15, -0.1) is 0 Å². The topological polar surface area (TPSA) is 108 Å². The van der Waals surface area contributed by atoms with Crippen molar-refractivity contribution in [2.75, 3.05) is 20.3 Å². The van der Waals surface area contributed by atoms with E-state index in [0.29, 0.717) is 31.7 Å². The lowest BCUT2D eigenvalue weighted by atomic mass is 10.2. The summed E-state index contributed by atoms with van der Waals surface area (Å²) in [5.41, 5.74) is 1.80. The smallest absolute Gasteiger partial charge is 0.344 e. The molecule has 1 N–H and O–H groups in total. The van der Waals surface area contributed by atoms with Crippen molar-refractivity contribution in [3.8, 4) is 11.5 Å². The molecule has 0 saturated heterocycles. The number of oxazole rings is 1. The molecule has 3 rings (SSSR count). The van der Waals surface area contributed by atoms with Gasteiger partial charge in [0.05, 0.1) is 17.3 Å². The highest BCUT2D eigenvalue weighted by Crippen LogP contribution is 2.36. The Labute approximate surface area is 195 Å². The Bertz CT molecular complexity index is 1110. The van der Waals surface area contributed by atoms with Gasteiger partial charge in [-0.1, -0.05) is 12.1 Å². The van der Waals surface area contributed by atoms with Crippen LogP contribution in [0.1, 0.15) is 12.5 Å². The van der Waals surface area contributed by atoms with E-state index in [4.69, 9.17) is 18.6 Å². The van der Waals surface area contributed by atoms with Crippen LogP contribution in [-0.2, 0) is 14.3 Å². The fourth-order valence-electron chi connectivity index (χ4n) is 2.57. The number of carbonyl (C=O) groups is 2. The van der Waals surface area contributed by atoms with Crippen molar-refractivity contribution in [3.05, 3.63) is 50.4 Å². The average Bonchev–Trinajstić information content (AvgIpc) is 3.14. The molecule has 3 aromatic rings. The van der Waals surface area contributed by atoms with Crippen molar-refractivity contribution >= 4 is 63.5 Å². The molecular weight excluding hydrogens is 537 g/mol. The van der Waals surface area contributed by atoms with Crippen molar-refractivity contribution < 1.29 is 33.3 Å². The van der Waals surface area contributed by atoms with Crippen LogP contribution in [0.3, 0.4) is 0 Å². The van der Waals surface area contributed by atoms with Crippen molar-refractivity contribution in [1.82, 2.24) is 4.98 Å². The largest absolute Gasteiger partial charge is 0.493 e. The Kier molecular flexibility index (Phi) is 7.80. The lowest BCUT2D eigenvalue weighted by Gasteiger charge is -2.13. The van der Waals surface area contributed by atoms with Gasteiger partial charge < -0.3 is 23.7 Å². The molecule has 31 heavy (non-hydrogen) atoms. The molecule has 0 radical (unpaired) electrons. The van der Waals surface area contributed by atoms with E-state index >= 15 is 0 Å². The standard InChI is InChI=1S/C21H18INO7S/c1-3-28-18(24)11-29-19-13(22)8-12(9-16(19)27-2)10-17(20(25)26)31-21-23-14-6-4-5-7-15(14)30-21/h4-10H,3,11H2,1-2H3,(H,25,26)/b17-10-. The van der Waals surface area contributed by atoms with Crippen LogP contribution in [0.15, 0.2) is 50.9 Å². The van der Waals surface area contributed by atoms with Gasteiger partial charge in [-0.3, -0.25) is 0 Å². The van der Waals surface area contributed by atoms with Gasteiger partial charge in [0, 0.05) is 0 Å². The van der Waals surface area contributed by atoms with Crippen molar-refractivity contribution in [1.29, 1.82) is 0 Å². The monoisotopic (exact) mass is 555 g/mol. The minimum absolute atomic E-state index is 0.0181. The van der Waals surface area contributed by atoms with Gasteiger partial charge in [0.25, 0.3) is 5.22 Å². The Balaban J connectivity index is 1.87. The number of para-hydroxylation sites is 2. The minimum atomic E-state index is -1.12. The molecule has 8 nitrogen and oxygen atoms in total. The molecule has 0 atom stereocenters. The summed E-state index contributed by atoms with van der Waals surface area (Å²) < 4.78 is 22.0. The first kappa shape index (κ1) is 22.9. The molecule has 0 aliphatic rings. The maximum Gasteiger partial charge on any atom is 0.344 e. The van der Waals surface area contributed by atoms with E-state index in [2.05, 4.69) is 4.98 Å². The van der Waals surface area contributed by atoms with Crippen LogP contribution >= 0.6 is 34.4 Å². The quantitative estimate of drug-likeness (QED) is 0.175. The van der Waals surface area contributed by atoms with Crippen molar-refractivity contribution in [2.45, 2.75) is 12.1 Å². The van der Waals surface area contributed by atoms with Gasteiger partial charge in [0.1, 0.15) is 10.4 Å². The highest BCUT2D eigenvalue weighted by molar-refractivity contribution is 14.1. The zero-order valence-electron chi connectivity index (χ0n) is 16.6.